The molecule has 2 rings (SSSR count). The fourth-order valence-corrected chi connectivity index (χ4v) is 3.69. The first kappa shape index (κ1) is 13.7. The van der Waals surface area contributed by atoms with Gasteiger partial charge in [0, 0.05) is 42.2 Å². The molecule has 0 spiro atoms. The molecule has 18 heavy (non-hydrogen) atoms. The molecule has 0 radical (unpaired) electrons. The third-order valence-corrected chi connectivity index (χ3v) is 4.90. The smallest absolute Gasteiger partial charge is 0.194 e. The van der Waals surface area contributed by atoms with Gasteiger partial charge in [0.05, 0.1) is 6.54 Å². The Balaban J connectivity index is 1.92. The summed E-state index contributed by atoms with van der Waals surface area (Å²) >= 11 is 3.70. The van der Waals surface area contributed by atoms with E-state index in [4.69, 9.17) is 0 Å². The van der Waals surface area contributed by atoms with Crippen molar-refractivity contribution in [1.29, 1.82) is 0 Å². The predicted octanol–water partition coefficient (Wildman–Crippen LogP) is 2.05. The lowest BCUT2D eigenvalue weighted by molar-refractivity contribution is 0.375. The van der Waals surface area contributed by atoms with Crippen LogP contribution in [-0.2, 0) is 6.54 Å². The van der Waals surface area contributed by atoms with Crippen molar-refractivity contribution in [2.45, 2.75) is 25.1 Å². The third kappa shape index (κ3) is 3.62. The molecule has 0 bridgehead atoms. The summed E-state index contributed by atoms with van der Waals surface area (Å²) in [5.41, 5.74) is 0. The lowest BCUT2D eigenvalue weighted by Gasteiger charge is -2.39. The monoisotopic (exact) mass is 284 g/mol. The molecule has 2 heterocycles. The van der Waals surface area contributed by atoms with E-state index >= 15 is 0 Å². The fraction of sp³-hybridized carbons (Fsp3) is 0.667. The van der Waals surface area contributed by atoms with Gasteiger partial charge in [-0.2, -0.15) is 11.8 Å². The second-order valence-corrected chi connectivity index (χ2v) is 7.64. The van der Waals surface area contributed by atoms with E-state index in [2.05, 4.69) is 34.0 Å². The Morgan fingerprint density at radius 1 is 1.61 bits per heavy atom. The summed E-state index contributed by atoms with van der Waals surface area (Å²) in [6.07, 6.45) is 1.84. The summed E-state index contributed by atoms with van der Waals surface area (Å²) in [6.45, 7) is 7.44. The highest BCUT2D eigenvalue weighted by atomic mass is 32.2. The molecule has 0 amide bonds. The first-order valence-corrected chi connectivity index (χ1v) is 7.95. The highest BCUT2D eigenvalue weighted by molar-refractivity contribution is 8.00. The van der Waals surface area contributed by atoms with Gasteiger partial charge in [-0.1, -0.05) is 0 Å². The normalized spacial score (nSPS) is 19.9. The first-order valence-electron chi connectivity index (χ1n) is 6.09. The molecular weight excluding hydrogens is 264 g/mol. The minimum Gasteiger partial charge on any atom is -0.350 e. The second-order valence-electron chi connectivity index (χ2n) is 4.86. The van der Waals surface area contributed by atoms with Gasteiger partial charge in [-0.15, -0.1) is 11.3 Å². The largest absolute Gasteiger partial charge is 0.350 e. The minimum atomic E-state index is 0.303. The lowest BCUT2D eigenvalue weighted by atomic mass is 10.2. The fourth-order valence-electron chi connectivity index (χ4n) is 2.02. The number of aliphatic imine (C=N–C) groups is 1. The summed E-state index contributed by atoms with van der Waals surface area (Å²) in [5.74, 6) is 2.14. The van der Waals surface area contributed by atoms with Crippen molar-refractivity contribution in [2.24, 2.45) is 4.99 Å². The minimum absolute atomic E-state index is 0.303. The molecule has 6 heteroatoms. The molecule has 1 aliphatic heterocycles. The standard InChI is InChI=1S/C12H20N4S2/c1-12(2)9-16(5-7-18-12)11(13-3)15-8-10-14-4-6-17-10/h4,6H,5,7-9H2,1-3H3,(H,13,15). The Morgan fingerprint density at radius 3 is 3.06 bits per heavy atom. The van der Waals surface area contributed by atoms with Crippen LogP contribution in [0.1, 0.15) is 18.9 Å². The Hall–Kier alpha value is -0.750. The zero-order valence-corrected chi connectivity index (χ0v) is 12.8. The van der Waals surface area contributed by atoms with Crippen LogP contribution >= 0.6 is 23.1 Å². The maximum atomic E-state index is 4.38. The van der Waals surface area contributed by atoms with Crippen LogP contribution in [-0.4, -0.2) is 46.5 Å². The van der Waals surface area contributed by atoms with Gasteiger partial charge < -0.3 is 10.2 Å². The van der Waals surface area contributed by atoms with E-state index in [0.717, 1.165) is 36.4 Å². The van der Waals surface area contributed by atoms with Gasteiger partial charge in [0.25, 0.3) is 0 Å². The van der Waals surface area contributed by atoms with Gasteiger partial charge in [0.1, 0.15) is 5.01 Å². The van der Waals surface area contributed by atoms with Crippen LogP contribution in [0.4, 0.5) is 0 Å². The molecule has 4 nitrogen and oxygen atoms in total. The van der Waals surface area contributed by atoms with Crippen LogP contribution in [0.25, 0.3) is 0 Å². The zero-order chi connectivity index (χ0) is 13.0. The van der Waals surface area contributed by atoms with Gasteiger partial charge in [-0.25, -0.2) is 4.98 Å². The Morgan fingerprint density at radius 2 is 2.44 bits per heavy atom. The molecule has 1 N–H and O–H groups in total. The van der Waals surface area contributed by atoms with Crippen molar-refractivity contribution in [3.05, 3.63) is 16.6 Å². The van der Waals surface area contributed by atoms with Gasteiger partial charge >= 0.3 is 0 Å². The van der Waals surface area contributed by atoms with Crippen molar-refractivity contribution >= 4 is 29.1 Å². The molecule has 0 aromatic carbocycles. The van der Waals surface area contributed by atoms with E-state index < -0.39 is 0 Å². The van der Waals surface area contributed by atoms with Crippen LogP contribution in [0.15, 0.2) is 16.6 Å². The van der Waals surface area contributed by atoms with E-state index in [9.17, 15) is 0 Å². The van der Waals surface area contributed by atoms with E-state index in [1.54, 1.807) is 11.3 Å². The number of thiazole rings is 1. The van der Waals surface area contributed by atoms with Crippen molar-refractivity contribution in [3.63, 3.8) is 0 Å². The molecule has 0 aliphatic carbocycles. The highest BCUT2D eigenvalue weighted by Gasteiger charge is 2.28. The van der Waals surface area contributed by atoms with Crippen molar-refractivity contribution in [2.75, 3.05) is 25.9 Å². The van der Waals surface area contributed by atoms with Gasteiger partial charge in [0.15, 0.2) is 5.96 Å². The number of rotatable bonds is 2. The Bertz CT molecular complexity index is 400. The number of hydrogen-bond donors (Lipinski definition) is 1. The second kappa shape index (κ2) is 5.93. The Kier molecular flexibility index (Phi) is 4.50. The van der Waals surface area contributed by atoms with E-state index in [1.165, 1.54) is 0 Å². The Labute approximate surface area is 117 Å². The topological polar surface area (TPSA) is 40.5 Å². The van der Waals surface area contributed by atoms with Crippen LogP contribution < -0.4 is 5.32 Å². The number of thioether (sulfide) groups is 1. The maximum absolute atomic E-state index is 4.38. The molecule has 1 aromatic heterocycles. The predicted molar refractivity (Wildman–Crippen MR) is 80.4 cm³/mol. The average Bonchev–Trinajstić information content (AvgIpc) is 2.81. The molecule has 1 aliphatic rings. The van der Waals surface area contributed by atoms with Gasteiger partial charge in [-0.3, -0.25) is 4.99 Å². The summed E-state index contributed by atoms with van der Waals surface area (Å²) < 4.78 is 0.303. The van der Waals surface area contributed by atoms with E-state index in [-0.39, 0.29) is 0 Å². The average molecular weight is 284 g/mol. The zero-order valence-electron chi connectivity index (χ0n) is 11.1. The molecule has 0 saturated carbocycles. The quantitative estimate of drug-likeness (QED) is 0.666. The maximum Gasteiger partial charge on any atom is 0.194 e. The molecule has 1 saturated heterocycles. The van der Waals surface area contributed by atoms with Gasteiger partial charge in [-0.05, 0) is 13.8 Å². The van der Waals surface area contributed by atoms with Gasteiger partial charge in [0.2, 0.25) is 0 Å². The summed E-state index contributed by atoms with van der Waals surface area (Å²) in [7, 11) is 1.85. The molecule has 1 fully saturated rings. The number of nitrogens with zero attached hydrogens (tertiary/aromatic N) is 3. The van der Waals surface area contributed by atoms with Crippen LogP contribution in [0, 0.1) is 0 Å². The summed E-state index contributed by atoms with van der Waals surface area (Å²) in [5, 5.41) is 6.49. The van der Waals surface area contributed by atoms with Crippen LogP contribution in [0.2, 0.25) is 0 Å². The number of aromatic nitrogens is 1. The molecular formula is C12H20N4S2. The van der Waals surface area contributed by atoms with E-state index in [1.807, 2.05) is 30.4 Å². The van der Waals surface area contributed by atoms with Crippen molar-refractivity contribution in [3.8, 4) is 0 Å². The van der Waals surface area contributed by atoms with E-state index in [0.29, 0.717) is 4.75 Å². The SMILES string of the molecule is CN=C(NCc1nccs1)N1CCSC(C)(C)C1. The number of hydrogen-bond acceptors (Lipinski definition) is 4. The number of guanidine groups is 1. The summed E-state index contributed by atoms with van der Waals surface area (Å²) in [4.78, 5) is 11.0. The summed E-state index contributed by atoms with van der Waals surface area (Å²) in [6, 6.07) is 0. The first-order chi connectivity index (χ1) is 8.61. The molecule has 0 unspecified atom stereocenters. The molecule has 100 valence electrons. The van der Waals surface area contributed by atoms with Crippen molar-refractivity contribution < 1.29 is 0 Å². The van der Waals surface area contributed by atoms with Crippen molar-refractivity contribution in [1.82, 2.24) is 15.2 Å². The molecule has 0 atom stereocenters. The number of nitrogens with one attached hydrogen (secondary N) is 1. The third-order valence-electron chi connectivity index (χ3n) is 2.82. The lowest BCUT2D eigenvalue weighted by Crippen LogP contribution is -2.50. The van der Waals surface area contributed by atoms with Crippen LogP contribution in [0.3, 0.4) is 0 Å². The molecule has 1 aromatic rings. The highest BCUT2D eigenvalue weighted by Crippen LogP contribution is 2.29. The van der Waals surface area contributed by atoms with Crippen LogP contribution in [0.5, 0.6) is 0 Å².